The highest BCUT2D eigenvalue weighted by molar-refractivity contribution is 4.76. The molecule has 1 atom stereocenters. The van der Waals surface area contributed by atoms with Crippen LogP contribution in [0.15, 0.2) is 0 Å². The fraction of sp³-hybridized carbons (Fsp3) is 1.00. The van der Waals surface area contributed by atoms with Crippen LogP contribution in [0, 0.1) is 5.41 Å². The number of hydrogen-bond acceptors (Lipinski definition) is 2. The Morgan fingerprint density at radius 2 is 1.67 bits per heavy atom. The fourth-order valence-corrected chi connectivity index (χ4v) is 1.80. The van der Waals surface area contributed by atoms with Crippen LogP contribution >= 0.6 is 0 Å². The third-order valence-electron chi connectivity index (χ3n) is 2.46. The maximum Gasteiger partial charge on any atom is 0.159 e. The Balaban J connectivity index is 4.15. The number of ether oxygens (including phenoxy) is 1. The SMILES string of the molecule is CCCC(C)(CCC)C(O)OC. The van der Waals surface area contributed by atoms with Gasteiger partial charge in [-0.05, 0) is 12.8 Å². The Hall–Kier alpha value is -0.0800. The Bertz CT molecular complexity index is 106. The quantitative estimate of drug-likeness (QED) is 0.627. The molecule has 0 spiro atoms. The Morgan fingerprint density at radius 1 is 1.25 bits per heavy atom. The van der Waals surface area contributed by atoms with E-state index in [1.54, 1.807) is 7.11 Å². The molecule has 0 saturated carbocycles. The van der Waals surface area contributed by atoms with Crippen molar-refractivity contribution in [3.8, 4) is 0 Å². The van der Waals surface area contributed by atoms with Gasteiger partial charge in [0.2, 0.25) is 0 Å². The van der Waals surface area contributed by atoms with Crippen LogP contribution in [0.25, 0.3) is 0 Å². The van der Waals surface area contributed by atoms with Crippen molar-refractivity contribution >= 4 is 0 Å². The van der Waals surface area contributed by atoms with Gasteiger partial charge in [-0.25, -0.2) is 0 Å². The molecule has 1 N–H and O–H groups in total. The van der Waals surface area contributed by atoms with E-state index < -0.39 is 6.29 Å². The van der Waals surface area contributed by atoms with E-state index in [2.05, 4.69) is 20.8 Å². The molecule has 0 rings (SSSR count). The van der Waals surface area contributed by atoms with Crippen LogP contribution in [0.3, 0.4) is 0 Å². The average molecular weight is 174 g/mol. The van der Waals surface area contributed by atoms with E-state index in [1.807, 2.05) is 0 Å². The fourth-order valence-electron chi connectivity index (χ4n) is 1.80. The highest BCUT2D eigenvalue weighted by Gasteiger charge is 2.30. The number of aliphatic hydroxyl groups is 1. The summed E-state index contributed by atoms with van der Waals surface area (Å²) in [5, 5.41) is 9.62. The van der Waals surface area contributed by atoms with Gasteiger partial charge in [0, 0.05) is 12.5 Å². The molecule has 0 saturated heterocycles. The summed E-state index contributed by atoms with van der Waals surface area (Å²) in [5.41, 5.74) is -0.0573. The summed E-state index contributed by atoms with van der Waals surface area (Å²) in [6.45, 7) is 6.36. The maximum atomic E-state index is 9.62. The first kappa shape index (κ1) is 11.9. The van der Waals surface area contributed by atoms with Crippen molar-refractivity contribution in [2.45, 2.75) is 52.7 Å². The predicted molar refractivity (Wildman–Crippen MR) is 50.9 cm³/mol. The zero-order chi connectivity index (χ0) is 9.61. The summed E-state index contributed by atoms with van der Waals surface area (Å²) in [6.07, 6.45) is 3.62. The molecule has 0 aliphatic heterocycles. The van der Waals surface area contributed by atoms with Crippen LogP contribution in [0.1, 0.15) is 46.5 Å². The topological polar surface area (TPSA) is 29.5 Å². The monoisotopic (exact) mass is 174 g/mol. The highest BCUT2D eigenvalue weighted by Crippen LogP contribution is 2.33. The number of methoxy groups -OCH3 is 1. The first-order chi connectivity index (χ1) is 5.60. The third kappa shape index (κ3) is 3.11. The van der Waals surface area contributed by atoms with Crippen molar-refractivity contribution in [1.82, 2.24) is 0 Å². The Morgan fingerprint density at radius 3 is 1.92 bits per heavy atom. The van der Waals surface area contributed by atoms with Crippen LogP contribution in [0.2, 0.25) is 0 Å². The molecule has 0 aromatic rings. The van der Waals surface area contributed by atoms with Crippen LogP contribution < -0.4 is 0 Å². The van der Waals surface area contributed by atoms with Gasteiger partial charge in [0.1, 0.15) is 0 Å². The van der Waals surface area contributed by atoms with Crippen molar-refractivity contribution in [1.29, 1.82) is 0 Å². The van der Waals surface area contributed by atoms with E-state index in [0.717, 1.165) is 25.7 Å². The molecule has 0 aliphatic carbocycles. The summed E-state index contributed by atoms with van der Waals surface area (Å²) in [4.78, 5) is 0. The summed E-state index contributed by atoms with van der Waals surface area (Å²) >= 11 is 0. The van der Waals surface area contributed by atoms with Gasteiger partial charge in [-0.1, -0.05) is 33.6 Å². The van der Waals surface area contributed by atoms with Crippen molar-refractivity contribution in [3.63, 3.8) is 0 Å². The van der Waals surface area contributed by atoms with E-state index in [1.165, 1.54) is 0 Å². The Labute approximate surface area is 75.9 Å². The number of hydrogen-bond donors (Lipinski definition) is 1. The summed E-state index contributed by atoms with van der Waals surface area (Å²) in [7, 11) is 1.56. The second kappa shape index (κ2) is 5.55. The van der Waals surface area contributed by atoms with Gasteiger partial charge in [-0.3, -0.25) is 0 Å². The van der Waals surface area contributed by atoms with Crippen molar-refractivity contribution < 1.29 is 9.84 Å². The lowest BCUT2D eigenvalue weighted by Crippen LogP contribution is -2.33. The maximum absolute atomic E-state index is 9.62. The van der Waals surface area contributed by atoms with Crippen LogP contribution in [0.5, 0.6) is 0 Å². The molecule has 2 nitrogen and oxygen atoms in total. The van der Waals surface area contributed by atoms with Gasteiger partial charge in [0.15, 0.2) is 6.29 Å². The zero-order valence-corrected chi connectivity index (χ0v) is 8.76. The molecule has 0 aliphatic rings. The smallest absolute Gasteiger partial charge is 0.159 e. The predicted octanol–water partition coefficient (Wildman–Crippen LogP) is 2.56. The second-order valence-corrected chi connectivity index (χ2v) is 3.74. The first-order valence-electron chi connectivity index (χ1n) is 4.81. The van der Waals surface area contributed by atoms with E-state index in [-0.39, 0.29) is 5.41 Å². The molecule has 12 heavy (non-hydrogen) atoms. The van der Waals surface area contributed by atoms with Gasteiger partial charge in [0.05, 0.1) is 0 Å². The largest absolute Gasteiger partial charge is 0.368 e. The number of aliphatic hydroxyl groups excluding tert-OH is 1. The standard InChI is InChI=1S/C10H22O2/c1-5-7-10(3,8-6-2)9(11)12-4/h9,11H,5-8H2,1-4H3. The van der Waals surface area contributed by atoms with Gasteiger partial charge < -0.3 is 9.84 Å². The molecule has 0 aromatic heterocycles. The van der Waals surface area contributed by atoms with Gasteiger partial charge in [-0.2, -0.15) is 0 Å². The molecule has 0 bridgehead atoms. The molecular weight excluding hydrogens is 152 g/mol. The lowest BCUT2D eigenvalue weighted by Gasteiger charge is -2.33. The minimum atomic E-state index is -0.614. The molecule has 0 amide bonds. The van der Waals surface area contributed by atoms with Crippen molar-refractivity contribution in [2.75, 3.05) is 7.11 Å². The van der Waals surface area contributed by atoms with E-state index in [0.29, 0.717) is 0 Å². The zero-order valence-electron chi connectivity index (χ0n) is 8.76. The van der Waals surface area contributed by atoms with Gasteiger partial charge in [-0.15, -0.1) is 0 Å². The third-order valence-corrected chi connectivity index (χ3v) is 2.46. The molecule has 2 heteroatoms. The minimum Gasteiger partial charge on any atom is -0.368 e. The normalized spacial score (nSPS) is 14.8. The van der Waals surface area contributed by atoms with Crippen molar-refractivity contribution in [2.24, 2.45) is 5.41 Å². The van der Waals surface area contributed by atoms with Gasteiger partial charge in [0.25, 0.3) is 0 Å². The van der Waals surface area contributed by atoms with Crippen LogP contribution in [-0.2, 0) is 4.74 Å². The van der Waals surface area contributed by atoms with E-state index >= 15 is 0 Å². The lowest BCUT2D eigenvalue weighted by molar-refractivity contribution is -0.157. The molecule has 0 fully saturated rings. The summed E-state index contributed by atoms with van der Waals surface area (Å²) in [6, 6.07) is 0. The molecule has 0 aromatic carbocycles. The Kier molecular flexibility index (Phi) is 5.51. The first-order valence-corrected chi connectivity index (χ1v) is 4.81. The lowest BCUT2D eigenvalue weighted by atomic mass is 9.80. The molecular formula is C10H22O2. The van der Waals surface area contributed by atoms with Gasteiger partial charge >= 0.3 is 0 Å². The molecule has 74 valence electrons. The summed E-state index contributed by atoms with van der Waals surface area (Å²) in [5.74, 6) is 0. The van der Waals surface area contributed by atoms with Crippen LogP contribution in [0.4, 0.5) is 0 Å². The summed E-state index contributed by atoms with van der Waals surface area (Å²) < 4.78 is 4.98. The molecule has 0 radical (unpaired) electrons. The number of rotatable bonds is 6. The highest BCUT2D eigenvalue weighted by atomic mass is 16.6. The second-order valence-electron chi connectivity index (χ2n) is 3.74. The van der Waals surface area contributed by atoms with Crippen molar-refractivity contribution in [3.05, 3.63) is 0 Å². The average Bonchev–Trinajstić information content (AvgIpc) is 2.04. The minimum absolute atomic E-state index is 0.0573. The van der Waals surface area contributed by atoms with Crippen LogP contribution in [-0.4, -0.2) is 18.5 Å². The molecule has 0 heterocycles. The van der Waals surface area contributed by atoms with E-state index in [9.17, 15) is 5.11 Å². The van der Waals surface area contributed by atoms with E-state index in [4.69, 9.17) is 4.74 Å². The molecule has 1 unspecified atom stereocenters.